The first-order valence-electron chi connectivity index (χ1n) is 4.33. The lowest BCUT2D eigenvalue weighted by Crippen LogP contribution is -2.24. The lowest BCUT2D eigenvalue weighted by atomic mass is 9.98. The van der Waals surface area contributed by atoms with Crippen LogP contribution < -0.4 is 5.73 Å². The molecule has 1 aromatic carbocycles. The fourth-order valence-corrected chi connectivity index (χ4v) is 1.66. The molecule has 0 aromatic heterocycles. The van der Waals surface area contributed by atoms with Crippen LogP contribution in [-0.2, 0) is 0 Å². The second kappa shape index (κ2) is 4.49. The molecule has 1 rings (SSSR count). The average molecular weight is 234 g/mol. The zero-order valence-electron chi connectivity index (χ0n) is 8.09. The molecule has 0 fully saturated rings. The van der Waals surface area contributed by atoms with E-state index in [9.17, 15) is 5.11 Å². The first kappa shape index (κ1) is 11.8. The summed E-state index contributed by atoms with van der Waals surface area (Å²) in [5, 5.41) is 10.4. The molecule has 3 N–H and O–H groups in total. The summed E-state index contributed by atoms with van der Waals surface area (Å²) in [6.07, 6.45) is -0.606. The van der Waals surface area contributed by atoms with Crippen molar-refractivity contribution in [2.75, 3.05) is 0 Å². The highest BCUT2D eigenvalue weighted by Gasteiger charge is 2.16. The molecular formula is C10H13Cl2NO. The number of hydrogen-bond donors (Lipinski definition) is 2. The van der Waals surface area contributed by atoms with Crippen LogP contribution in [0.15, 0.2) is 12.1 Å². The SMILES string of the molecule is Cc1c([C@H](N)[C@H](C)O)ccc(Cl)c1Cl. The maximum Gasteiger partial charge on any atom is 0.0704 e. The summed E-state index contributed by atoms with van der Waals surface area (Å²) in [6.45, 7) is 3.48. The third-order valence-electron chi connectivity index (χ3n) is 2.26. The van der Waals surface area contributed by atoms with Crippen LogP contribution in [0.5, 0.6) is 0 Å². The number of rotatable bonds is 2. The fraction of sp³-hybridized carbons (Fsp3) is 0.400. The van der Waals surface area contributed by atoms with E-state index in [4.69, 9.17) is 28.9 Å². The molecular weight excluding hydrogens is 221 g/mol. The Morgan fingerprint density at radius 3 is 2.43 bits per heavy atom. The van der Waals surface area contributed by atoms with Crippen LogP contribution in [0.1, 0.15) is 24.1 Å². The van der Waals surface area contributed by atoms with Crippen molar-refractivity contribution in [3.05, 3.63) is 33.3 Å². The van der Waals surface area contributed by atoms with E-state index >= 15 is 0 Å². The normalized spacial score (nSPS) is 15.3. The Hall–Kier alpha value is -0.280. The largest absolute Gasteiger partial charge is 0.391 e. The van der Waals surface area contributed by atoms with Gasteiger partial charge in [0.15, 0.2) is 0 Å². The van der Waals surface area contributed by atoms with Crippen molar-refractivity contribution in [2.45, 2.75) is 26.0 Å². The van der Waals surface area contributed by atoms with Crippen molar-refractivity contribution in [2.24, 2.45) is 5.73 Å². The van der Waals surface area contributed by atoms with Crippen molar-refractivity contribution >= 4 is 23.2 Å². The Balaban J connectivity index is 3.17. The van der Waals surface area contributed by atoms with Gasteiger partial charge < -0.3 is 10.8 Å². The van der Waals surface area contributed by atoms with Crippen molar-refractivity contribution in [3.63, 3.8) is 0 Å². The third kappa shape index (κ3) is 2.20. The van der Waals surface area contributed by atoms with Crippen LogP contribution in [0.3, 0.4) is 0 Å². The zero-order chi connectivity index (χ0) is 10.9. The van der Waals surface area contributed by atoms with Gasteiger partial charge in [0.1, 0.15) is 0 Å². The standard InChI is InChI=1S/C10H13Cl2NO/c1-5-7(10(13)6(2)14)3-4-8(11)9(5)12/h3-4,6,10,14H,13H2,1-2H3/t6-,10+/m0/s1. The van der Waals surface area contributed by atoms with Gasteiger partial charge in [-0.05, 0) is 31.0 Å². The summed E-state index contributed by atoms with van der Waals surface area (Å²) in [4.78, 5) is 0. The van der Waals surface area contributed by atoms with Gasteiger partial charge in [0.2, 0.25) is 0 Å². The summed E-state index contributed by atoms with van der Waals surface area (Å²) in [5.74, 6) is 0. The maximum atomic E-state index is 9.36. The first-order valence-corrected chi connectivity index (χ1v) is 5.09. The van der Waals surface area contributed by atoms with Crippen LogP contribution in [-0.4, -0.2) is 11.2 Å². The Labute approximate surface area is 93.6 Å². The summed E-state index contributed by atoms with van der Waals surface area (Å²) >= 11 is 11.8. The molecule has 2 atom stereocenters. The van der Waals surface area contributed by atoms with Gasteiger partial charge in [-0.2, -0.15) is 0 Å². The number of aliphatic hydroxyl groups excluding tert-OH is 1. The summed E-state index contributed by atoms with van der Waals surface area (Å²) in [7, 11) is 0. The van der Waals surface area contributed by atoms with E-state index in [2.05, 4.69) is 0 Å². The first-order chi connectivity index (χ1) is 6.45. The van der Waals surface area contributed by atoms with Crippen molar-refractivity contribution in [1.82, 2.24) is 0 Å². The lowest BCUT2D eigenvalue weighted by molar-refractivity contribution is 0.164. The molecule has 0 heterocycles. The van der Waals surface area contributed by atoms with Crippen molar-refractivity contribution in [3.8, 4) is 0 Å². The Bertz CT molecular complexity index is 339. The van der Waals surface area contributed by atoms with E-state index in [1.54, 1.807) is 19.1 Å². The van der Waals surface area contributed by atoms with Gasteiger partial charge in [0.05, 0.1) is 22.2 Å². The van der Waals surface area contributed by atoms with Crippen molar-refractivity contribution in [1.29, 1.82) is 0 Å². The predicted octanol–water partition coefficient (Wildman–Crippen LogP) is 2.68. The van der Waals surface area contributed by atoms with Gasteiger partial charge >= 0.3 is 0 Å². The van der Waals surface area contributed by atoms with Gasteiger partial charge in [-0.1, -0.05) is 29.3 Å². The van der Waals surface area contributed by atoms with E-state index < -0.39 is 12.1 Å². The smallest absolute Gasteiger partial charge is 0.0704 e. The van der Waals surface area contributed by atoms with Crippen LogP contribution in [0.25, 0.3) is 0 Å². The Morgan fingerprint density at radius 1 is 1.36 bits per heavy atom. The van der Waals surface area contributed by atoms with Crippen LogP contribution in [0.4, 0.5) is 0 Å². The van der Waals surface area contributed by atoms with Crippen molar-refractivity contribution < 1.29 is 5.11 Å². The second-order valence-corrected chi connectivity index (χ2v) is 4.13. The minimum absolute atomic E-state index is 0.426. The number of benzene rings is 1. The number of aliphatic hydroxyl groups is 1. The van der Waals surface area contributed by atoms with Crippen LogP contribution in [0, 0.1) is 6.92 Å². The zero-order valence-corrected chi connectivity index (χ0v) is 9.60. The van der Waals surface area contributed by atoms with Gasteiger partial charge in [-0.3, -0.25) is 0 Å². The molecule has 4 heteroatoms. The minimum atomic E-state index is -0.606. The molecule has 0 aliphatic heterocycles. The molecule has 1 aromatic rings. The second-order valence-electron chi connectivity index (χ2n) is 3.34. The monoisotopic (exact) mass is 233 g/mol. The summed E-state index contributed by atoms with van der Waals surface area (Å²) < 4.78 is 0. The molecule has 14 heavy (non-hydrogen) atoms. The highest BCUT2D eigenvalue weighted by molar-refractivity contribution is 6.42. The molecule has 0 unspecified atom stereocenters. The topological polar surface area (TPSA) is 46.2 Å². The molecule has 78 valence electrons. The molecule has 0 bridgehead atoms. The highest BCUT2D eigenvalue weighted by atomic mass is 35.5. The molecule has 0 spiro atoms. The Morgan fingerprint density at radius 2 is 1.93 bits per heavy atom. The summed E-state index contributed by atoms with van der Waals surface area (Å²) in [6, 6.07) is 3.06. The number of nitrogens with two attached hydrogens (primary N) is 1. The molecule has 0 aliphatic rings. The van der Waals surface area contributed by atoms with E-state index in [0.717, 1.165) is 11.1 Å². The van der Waals surface area contributed by atoms with Gasteiger partial charge in [0, 0.05) is 0 Å². The van der Waals surface area contributed by atoms with E-state index in [1.807, 2.05) is 6.92 Å². The van der Waals surface area contributed by atoms with Gasteiger partial charge in [0.25, 0.3) is 0 Å². The molecule has 0 saturated carbocycles. The maximum absolute atomic E-state index is 9.36. The fourth-order valence-electron chi connectivity index (χ4n) is 1.29. The Kier molecular flexibility index (Phi) is 3.78. The predicted molar refractivity (Wildman–Crippen MR) is 59.8 cm³/mol. The van der Waals surface area contributed by atoms with Crippen LogP contribution >= 0.6 is 23.2 Å². The molecule has 0 saturated heterocycles. The lowest BCUT2D eigenvalue weighted by Gasteiger charge is -2.18. The number of hydrogen-bond acceptors (Lipinski definition) is 2. The highest BCUT2D eigenvalue weighted by Crippen LogP contribution is 2.30. The van der Waals surface area contributed by atoms with E-state index in [0.29, 0.717) is 10.0 Å². The van der Waals surface area contributed by atoms with Gasteiger partial charge in [-0.25, -0.2) is 0 Å². The van der Waals surface area contributed by atoms with Gasteiger partial charge in [-0.15, -0.1) is 0 Å². The third-order valence-corrected chi connectivity index (χ3v) is 3.16. The quantitative estimate of drug-likeness (QED) is 0.826. The van der Waals surface area contributed by atoms with E-state index in [-0.39, 0.29) is 0 Å². The number of halogens is 2. The minimum Gasteiger partial charge on any atom is -0.391 e. The molecule has 0 amide bonds. The summed E-state index contributed by atoms with van der Waals surface area (Å²) in [5.41, 5.74) is 7.46. The molecule has 0 aliphatic carbocycles. The van der Waals surface area contributed by atoms with E-state index in [1.165, 1.54) is 0 Å². The molecule has 0 radical (unpaired) electrons. The molecule has 2 nitrogen and oxygen atoms in total. The van der Waals surface area contributed by atoms with Crippen LogP contribution in [0.2, 0.25) is 10.0 Å². The average Bonchev–Trinajstić information content (AvgIpc) is 2.13.